The minimum atomic E-state index is -0.205. The smallest absolute Gasteiger partial charge is 0.257 e. The standard InChI is InChI=1S/C21H16BN3O/c22-18-12-24-21(26)17-10-16(14-4-2-1-3-5-14)19(25-20(17)18)15-8-6-13(11-23)7-9-15/h1-10,12H,11,23H2,(H,24,26). The quantitative estimate of drug-likeness (QED) is 0.564. The van der Waals surface area contributed by atoms with E-state index in [0.29, 0.717) is 22.9 Å². The average molecular weight is 337 g/mol. The average Bonchev–Trinajstić information content (AvgIpc) is 2.71. The minimum absolute atomic E-state index is 0.205. The van der Waals surface area contributed by atoms with E-state index in [9.17, 15) is 4.79 Å². The van der Waals surface area contributed by atoms with Gasteiger partial charge in [0.05, 0.1) is 16.6 Å². The second kappa shape index (κ2) is 6.62. The summed E-state index contributed by atoms with van der Waals surface area (Å²) in [5.74, 6) is 0. The van der Waals surface area contributed by atoms with Crippen molar-refractivity contribution in [3.63, 3.8) is 0 Å². The van der Waals surface area contributed by atoms with Gasteiger partial charge in [0.1, 0.15) is 7.85 Å². The molecule has 2 aromatic carbocycles. The van der Waals surface area contributed by atoms with Gasteiger partial charge in [-0.2, -0.15) is 0 Å². The van der Waals surface area contributed by atoms with Gasteiger partial charge in [-0.1, -0.05) is 60.1 Å². The summed E-state index contributed by atoms with van der Waals surface area (Å²) in [6.07, 6.45) is 1.49. The predicted octanol–water partition coefficient (Wildman–Crippen LogP) is 2.51. The first kappa shape index (κ1) is 16.3. The number of H-pyrrole nitrogens is 1. The molecule has 26 heavy (non-hydrogen) atoms. The van der Waals surface area contributed by atoms with E-state index in [0.717, 1.165) is 27.9 Å². The van der Waals surface area contributed by atoms with E-state index in [2.05, 4.69) is 4.98 Å². The first-order valence-corrected chi connectivity index (χ1v) is 8.34. The molecule has 0 aliphatic rings. The van der Waals surface area contributed by atoms with E-state index in [1.54, 1.807) is 0 Å². The van der Waals surface area contributed by atoms with Crippen molar-refractivity contribution in [2.75, 3.05) is 0 Å². The molecule has 0 bridgehead atoms. The van der Waals surface area contributed by atoms with Crippen molar-refractivity contribution in [1.29, 1.82) is 0 Å². The molecule has 0 aliphatic heterocycles. The maximum atomic E-state index is 12.3. The number of hydrogen-bond donors (Lipinski definition) is 2. The molecule has 0 amide bonds. The molecule has 0 spiro atoms. The van der Waals surface area contributed by atoms with Gasteiger partial charge in [0.2, 0.25) is 0 Å². The van der Waals surface area contributed by atoms with Gasteiger partial charge in [-0.05, 0) is 23.4 Å². The zero-order chi connectivity index (χ0) is 18.1. The zero-order valence-corrected chi connectivity index (χ0v) is 14.1. The first-order valence-electron chi connectivity index (χ1n) is 8.34. The Morgan fingerprint density at radius 1 is 1.00 bits per heavy atom. The third-order valence-corrected chi connectivity index (χ3v) is 4.45. The third kappa shape index (κ3) is 2.83. The van der Waals surface area contributed by atoms with Crippen molar-refractivity contribution >= 4 is 24.2 Å². The van der Waals surface area contributed by atoms with E-state index >= 15 is 0 Å². The number of nitrogens with two attached hydrogens (primary N) is 1. The summed E-state index contributed by atoms with van der Waals surface area (Å²) in [7, 11) is 6.06. The molecule has 4 nitrogen and oxygen atoms in total. The Hall–Kier alpha value is -3.18. The Morgan fingerprint density at radius 3 is 2.42 bits per heavy atom. The van der Waals surface area contributed by atoms with Gasteiger partial charge in [0, 0.05) is 17.7 Å². The second-order valence-corrected chi connectivity index (χ2v) is 6.12. The van der Waals surface area contributed by atoms with E-state index in [1.807, 2.05) is 60.7 Å². The van der Waals surface area contributed by atoms with Crippen LogP contribution in [0.25, 0.3) is 33.3 Å². The Balaban J connectivity index is 2.05. The van der Waals surface area contributed by atoms with Crippen molar-refractivity contribution in [2.24, 2.45) is 5.73 Å². The zero-order valence-electron chi connectivity index (χ0n) is 14.1. The Bertz CT molecular complexity index is 1140. The molecule has 2 radical (unpaired) electrons. The first-order chi connectivity index (χ1) is 12.7. The summed E-state index contributed by atoms with van der Waals surface area (Å²) in [6, 6.07) is 19.7. The van der Waals surface area contributed by atoms with Crippen LogP contribution in [0.5, 0.6) is 0 Å². The molecule has 124 valence electrons. The van der Waals surface area contributed by atoms with Crippen LogP contribution < -0.4 is 16.8 Å². The normalized spacial score (nSPS) is 11.0. The van der Waals surface area contributed by atoms with Crippen molar-refractivity contribution in [3.8, 4) is 22.4 Å². The van der Waals surface area contributed by atoms with Gasteiger partial charge in [-0.25, -0.2) is 4.98 Å². The lowest BCUT2D eigenvalue weighted by atomic mass is 9.92. The van der Waals surface area contributed by atoms with Crippen LogP contribution >= 0.6 is 0 Å². The fourth-order valence-corrected chi connectivity index (χ4v) is 3.05. The molecule has 2 aromatic heterocycles. The van der Waals surface area contributed by atoms with Gasteiger partial charge in [-0.15, -0.1) is 0 Å². The predicted molar refractivity (Wildman–Crippen MR) is 107 cm³/mol. The molecule has 5 heteroatoms. The van der Waals surface area contributed by atoms with Crippen LogP contribution in [0.2, 0.25) is 0 Å². The lowest BCUT2D eigenvalue weighted by Gasteiger charge is -2.13. The highest BCUT2D eigenvalue weighted by Gasteiger charge is 2.14. The number of hydrogen-bond acceptors (Lipinski definition) is 3. The highest BCUT2D eigenvalue weighted by molar-refractivity contribution is 6.38. The molecule has 0 atom stereocenters. The van der Waals surface area contributed by atoms with Crippen LogP contribution in [0.3, 0.4) is 0 Å². The largest absolute Gasteiger partial charge is 0.329 e. The molecular weight excluding hydrogens is 321 g/mol. The topological polar surface area (TPSA) is 71.8 Å². The van der Waals surface area contributed by atoms with Crippen molar-refractivity contribution in [2.45, 2.75) is 6.54 Å². The van der Waals surface area contributed by atoms with E-state index in [-0.39, 0.29) is 5.56 Å². The van der Waals surface area contributed by atoms with E-state index in [4.69, 9.17) is 18.6 Å². The fourth-order valence-electron chi connectivity index (χ4n) is 3.05. The minimum Gasteiger partial charge on any atom is -0.329 e. The van der Waals surface area contributed by atoms with Crippen molar-refractivity contribution in [1.82, 2.24) is 9.97 Å². The summed E-state index contributed by atoms with van der Waals surface area (Å²) in [6.45, 7) is 0.485. The monoisotopic (exact) mass is 337 g/mol. The summed E-state index contributed by atoms with van der Waals surface area (Å²) in [5, 5.41) is 0.478. The number of pyridine rings is 2. The summed E-state index contributed by atoms with van der Waals surface area (Å²) >= 11 is 0. The molecule has 0 saturated heterocycles. The van der Waals surface area contributed by atoms with Gasteiger partial charge in [0.25, 0.3) is 5.56 Å². The third-order valence-electron chi connectivity index (χ3n) is 4.45. The van der Waals surface area contributed by atoms with Gasteiger partial charge >= 0.3 is 0 Å². The Labute approximate surface area is 152 Å². The van der Waals surface area contributed by atoms with Crippen LogP contribution in [-0.2, 0) is 6.54 Å². The maximum absolute atomic E-state index is 12.3. The number of aromatic amines is 1. The molecule has 4 rings (SSSR count). The van der Waals surface area contributed by atoms with Crippen molar-refractivity contribution in [3.05, 3.63) is 82.8 Å². The Kier molecular flexibility index (Phi) is 4.15. The summed E-state index contributed by atoms with van der Waals surface area (Å²) in [4.78, 5) is 19.7. The van der Waals surface area contributed by atoms with Gasteiger partial charge < -0.3 is 10.7 Å². The Morgan fingerprint density at radius 2 is 1.73 bits per heavy atom. The molecule has 0 unspecified atom stereocenters. The molecule has 3 N–H and O–H groups in total. The van der Waals surface area contributed by atoms with Crippen LogP contribution in [-0.4, -0.2) is 17.8 Å². The van der Waals surface area contributed by atoms with Crippen molar-refractivity contribution < 1.29 is 0 Å². The number of fused-ring (bicyclic) bond motifs is 1. The van der Waals surface area contributed by atoms with Gasteiger partial charge in [-0.3, -0.25) is 4.79 Å². The molecule has 2 heterocycles. The number of nitrogens with zero attached hydrogens (tertiary/aromatic N) is 1. The molecule has 4 aromatic rings. The van der Waals surface area contributed by atoms with Crippen LogP contribution in [0, 0.1) is 0 Å². The van der Waals surface area contributed by atoms with Gasteiger partial charge in [0.15, 0.2) is 0 Å². The number of aromatic nitrogens is 2. The van der Waals surface area contributed by atoms with Crippen LogP contribution in [0.1, 0.15) is 5.56 Å². The lowest BCUT2D eigenvalue weighted by Crippen LogP contribution is -2.17. The number of benzene rings is 2. The van der Waals surface area contributed by atoms with E-state index < -0.39 is 0 Å². The fraction of sp³-hybridized carbons (Fsp3) is 0.0476. The molecule has 0 aliphatic carbocycles. The SMILES string of the molecule is [B]c1c[nH]c(=O)c2cc(-c3ccccc3)c(-c3ccc(CN)cc3)nc12. The van der Waals surface area contributed by atoms with Crippen LogP contribution in [0.15, 0.2) is 71.7 Å². The highest BCUT2D eigenvalue weighted by Crippen LogP contribution is 2.32. The number of nitrogens with one attached hydrogen (secondary N) is 1. The summed E-state index contributed by atoms with van der Waals surface area (Å²) < 4.78 is 0. The summed E-state index contributed by atoms with van der Waals surface area (Å²) in [5.41, 5.74) is 11.1. The molecular formula is C21H16BN3O. The highest BCUT2D eigenvalue weighted by atomic mass is 16.1. The maximum Gasteiger partial charge on any atom is 0.257 e. The van der Waals surface area contributed by atoms with E-state index in [1.165, 1.54) is 6.20 Å². The molecule has 0 saturated carbocycles. The molecule has 0 fully saturated rings. The second-order valence-electron chi connectivity index (χ2n) is 6.12. The van der Waals surface area contributed by atoms with Crippen LogP contribution in [0.4, 0.5) is 0 Å². The lowest BCUT2D eigenvalue weighted by molar-refractivity contribution is 1.07. The number of rotatable bonds is 3.